The van der Waals surface area contributed by atoms with E-state index < -0.39 is 29.7 Å². The van der Waals surface area contributed by atoms with Crippen LogP contribution in [0.1, 0.15) is 74.9 Å². The van der Waals surface area contributed by atoms with E-state index in [2.05, 4.69) is 93.1 Å². The number of rotatable bonds is 10. The van der Waals surface area contributed by atoms with E-state index in [4.69, 9.17) is 4.99 Å². The minimum absolute atomic E-state index is 0.0627. The Morgan fingerprint density at radius 3 is 2.41 bits per heavy atom. The van der Waals surface area contributed by atoms with Gasteiger partial charge in [-0.1, -0.05) is 29.5 Å². The van der Waals surface area contributed by atoms with Gasteiger partial charge in [0.15, 0.2) is 5.82 Å². The highest BCUT2D eigenvalue weighted by molar-refractivity contribution is 6.25. The Kier molecular flexibility index (Phi) is 9.14. The third-order valence-corrected chi connectivity index (χ3v) is 12.9. The van der Waals surface area contributed by atoms with Crippen LogP contribution in [0.4, 0.5) is 11.4 Å². The summed E-state index contributed by atoms with van der Waals surface area (Å²) in [7, 11) is 1.93. The molecule has 2 N–H and O–H groups in total. The fraction of sp³-hybridized carbons (Fsp3) is 0.333. The minimum Gasteiger partial charge on any atom is -0.379 e. The Morgan fingerprint density at radius 2 is 1.65 bits per heavy atom. The second kappa shape index (κ2) is 14.9. The molecule has 0 bridgehead atoms. The van der Waals surface area contributed by atoms with Crippen LogP contribution >= 0.6 is 0 Å². The number of fused-ring (bicyclic) bond motifs is 5. The summed E-state index contributed by atoms with van der Waals surface area (Å²) in [6, 6.07) is 19.3. The zero-order valence-corrected chi connectivity index (χ0v) is 34.9. The van der Waals surface area contributed by atoms with Crippen molar-refractivity contribution in [3.05, 3.63) is 119 Å². The average molecular weight is 845 g/mol. The molecule has 18 heteroatoms. The number of benzene rings is 3. The third-order valence-electron chi connectivity index (χ3n) is 12.9. The molecule has 6 aromatic rings. The van der Waals surface area contributed by atoms with Crippen LogP contribution in [0.25, 0.3) is 16.8 Å². The van der Waals surface area contributed by atoms with Crippen LogP contribution in [0.2, 0.25) is 0 Å². The smallest absolute Gasteiger partial charge is 0.264 e. The molecule has 0 radical (unpaired) electrons. The standard InChI is InChI=1S/C45H44N14O4/c1-27-50-52-44-45(14-15-45)49-40(34-22-29(8-11-36(34)58(27)44)30-23-47-54(2)25-30)28-6-9-32(10-7-28)56-19-16-55(17-20-56)18-21-57-26-31(51-53-57)24-46-35-5-3-4-33-39(35)43(63)59(42(33)62)37-12-13-38(60)48-41(37)61/h3-11,22-23,25-26,37,46H,12-21,24H2,1-2H3,(H,48,60,61). The maximum atomic E-state index is 13.5. The molecule has 1 aliphatic carbocycles. The predicted octanol–water partition coefficient (Wildman–Crippen LogP) is 3.24. The molecule has 63 heavy (non-hydrogen) atoms. The number of imide groups is 2. The van der Waals surface area contributed by atoms with Crippen molar-refractivity contribution in [2.75, 3.05) is 42.9 Å². The van der Waals surface area contributed by atoms with Crippen molar-refractivity contribution in [1.82, 2.24) is 54.7 Å². The van der Waals surface area contributed by atoms with E-state index in [1.165, 1.54) is 5.69 Å². The molecule has 1 spiro atoms. The number of piperazine rings is 1. The zero-order chi connectivity index (χ0) is 43.0. The molecule has 1 saturated carbocycles. The summed E-state index contributed by atoms with van der Waals surface area (Å²) < 4.78 is 5.83. The maximum absolute atomic E-state index is 13.5. The lowest BCUT2D eigenvalue weighted by Gasteiger charge is -2.36. The van der Waals surface area contributed by atoms with Crippen molar-refractivity contribution in [3.63, 3.8) is 0 Å². The number of aryl methyl sites for hydroxylation is 2. The molecule has 7 heterocycles. The van der Waals surface area contributed by atoms with Gasteiger partial charge in [-0.15, -0.1) is 15.3 Å². The molecule has 3 aromatic carbocycles. The number of anilines is 2. The minimum atomic E-state index is -1.02. The van der Waals surface area contributed by atoms with Crippen LogP contribution in [0.15, 0.2) is 84.2 Å². The molecule has 11 rings (SSSR count). The van der Waals surface area contributed by atoms with Crippen molar-refractivity contribution in [2.24, 2.45) is 12.0 Å². The highest BCUT2D eigenvalue weighted by Crippen LogP contribution is 2.52. The van der Waals surface area contributed by atoms with E-state index in [1.54, 1.807) is 18.2 Å². The van der Waals surface area contributed by atoms with Crippen molar-refractivity contribution < 1.29 is 19.2 Å². The Morgan fingerprint density at radius 1 is 0.841 bits per heavy atom. The molecular formula is C45H44N14O4. The Labute approximate surface area is 361 Å². The van der Waals surface area contributed by atoms with E-state index in [-0.39, 0.29) is 36.1 Å². The molecule has 3 aromatic heterocycles. The van der Waals surface area contributed by atoms with Gasteiger partial charge in [-0.2, -0.15) is 5.10 Å². The molecule has 318 valence electrons. The van der Waals surface area contributed by atoms with E-state index in [0.717, 1.165) is 95.8 Å². The van der Waals surface area contributed by atoms with Crippen molar-refractivity contribution >= 4 is 40.7 Å². The highest BCUT2D eigenvalue weighted by Gasteiger charge is 2.51. The average Bonchev–Trinajstić information content (AvgIpc) is 3.55. The van der Waals surface area contributed by atoms with Crippen molar-refractivity contribution in [1.29, 1.82) is 0 Å². The number of carbonyl (C=O) groups excluding carboxylic acids is 4. The van der Waals surface area contributed by atoms with Gasteiger partial charge in [-0.05, 0) is 68.1 Å². The second-order valence-electron chi connectivity index (χ2n) is 16.9. The van der Waals surface area contributed by atoms with Gasteiger partial charge in [-0.3, -0.25) is 53.2 Å². The molecular weight excluding hydrogens is 801 g/mol. The van der Waals surface area contributed by atoms with E-state index >= 15 is 0 Å². The summed E-state index contributed by atoms with van der Waals surface area (Å²) in [5, 5.41) is 27.7. The van der Waals surface area contributed by atoms with Crippen LogP contribution < -0.4 is 15.5 Å². The number of amides is 4. The fourth-order valence-corrected chi connectivity index (χ4v) is 9.30. The molecule has 5 aliphatic rings. The third kappa shape index (κ3) is 6.77. The molecule has 3 fully saturated rings. The molecule has 1 atom stereocenters. The summed E-state index contributed by atoms with van der Waals surface area (Å²) in [6.07, 6.45) is 7.84. The van der Waals surface area contributed by atoms with E-state index in [1.807, 2.05) is 41.9 Å². The first kappa shape index (κ1) is 38.6. The number of hydrogen-bond donors (Lipinski definition) is 2. The van der Waals surface area contributed by atoms with Gasteiger partial charge >= 0.3 is 0 Å². The summed E-state index contributed by atoms with van der Waals surface area (Å²) in [4.78, 5) is 62.2. The lowest BCUT2D eigenvalue weighted by atomic mass is 9.96. The highest BCUT2D eigenvalue weighted by atomic mass is 16.2. The van der Waals surface area contributed by atoms with Crippen LogP contribution in [0.5, 0.6) is 0 Å². The Hall–Kier alpha value is -7.34. The lowest BCUT2D eigenvalue weighted by Crippen LogP contribution is -2.54. The number of nitrogens with one attached hydrogen (secondary N) is 2. The number of hydrogen-bond acceptors (Lipinski definition) is 13. The van der Waals surface area contributed by atoms with Gasteiger partial charge in [0.25, 0.3) is 11.8 Å². The number of aliphatic imine (C=N–C) groups is 1. The van der Waals surface area contributed by atoms with Gasteiger partial charge in [0.05, 0.1) is 48.0 Å². The number of carbonyl (C=O) groups is 4. The van der Waals surface area contributed by atoms with Gasteiger partial charge in [0, 0.05) is 80.5 Å². The van der Waals surface area contributed by atoms with Gasteiger partial charge in [0.2, 0.25) is 11.8 Å². The molecule has 4 amide bonds. The zero-order valence-electron chi connectivity index (χ0n) is 34.9. The molecule has 4 aliphatic heterocycles. The lowest BCUT2D eigenvalue weighted by molar-refractivity contribution is -0.136. The first-order valence-electron chi connectivity index (χ1n) is 21.3. The van der Waals surface area contributed by atoms with Crippen molar-refractivity contribution in [3.8, 4) is 16.8 Å². The second-order valence-corrected chi connectivity index (χ2v) is 16.9. The number of piperidine rings is 1. The SMILES string of the molecule is Cc1nnc2n1-c1ccc(-c3cnn(C)c3)cc1C(c1ccc(N3CCN(CCn4cc(CNc5cccc6c5C(=O)N(C5CCC(=O)NC5=O)C6=O)nn4)CC3)cc1)=NC21CC1. The quantitative estimate of drug-likeness (QED) is 0.192. The van der Waals surface area contributed by atoms with Gasteiger partial charge in [0.1, 0.15) is 23.1 Å². The van der Waals surface area contributed by atoms with E-state index in [0.29, 0.717) is 17.9 Å². The maximum Gasteiger partial charge on any atom is 0.264 e. The first-order valence-corrected chi connectivity index (χ1v) is 21.3. The summed E-state index contributed by atoms with van der Waals surface area (Å²) in [5.74, 6) is -0.396. The predicted molar refractivity (Wildman–Crippen MR) is 230 cm³/mol. The van der Waals surface area contributed by atoms with Gasteiger partial charge in [-0.25, -0.2) is 0 Å². The number of nitrogens with zero attached hydrogens (tertiary/aromatic N) is 12. The fourth-order valence-electron chi connectivity index (χ4n) is 9.30. The summed E-state index contributed by atoms with van der Waals surface area (Å²) in [6.45, 7) is 7.37. The normalized spacial score (nSPS) is 19.1. The van der Waals surface area contributed by atoms with Crippen LogP contribution in [0, 0.1) is 6.92 Å². The van der Waals surface area contributed by atoms with E-state index in [9.17, 15) is 19.2 Å². The molecule has 18 nitrogen and oxygen atoms in total. The summed E-state index contributed by atoms with van der Waals surface area (Å²) in [5.41, 5.74) is 8.63. The Balaban J connectivity index is 0.718. The summed E-state index contributed by atoms with van der Waals surface area (Å²) >= 11 is 0. The number of aromatic nitrogens is 8. The molecule has 1 unspecified atom stereocenters. The molecule has 2 saturated heterocycles. The topological polar surface area (TPSA) is 194 Å². The van der Waals surface area contributed by atoms with Crippen LogP contribution in [-0.4, -0.2) is 117 Å². The van der Waals surface area contributed by atoms with Crippen molar-refractivity contribution in [2.45, 2.75) is 57.3 Å². The van der Waals surface area contributed by atoms with Crippen LogP contribution in [0.3, 0.4) is 0 Å². The largest absolute Gasteiger partial charge is 0.379 e. The monoisotopic (exact) mass is 844 g/mol. The first-order chi connectivity index (χ1) is 30.6. The Bertz CT molecular complexity index is 2880. The van der Waals surface area contributed by atoms with Crippen LogP contribution in [-0.2, 0) is 35.3 Å². The van der Waals surface area contributed by atoms with Gasteiger partial charge < -0.3 is 10.2 Å².